The molecule has 1 aliphatic carbocycles. The zero-order valence-electron chi connectivity index (χ0n) is 11.8. The van der Waals surface area contributed by atoms with Crippen molar-refractivity contribution in [2.45, 2.75) is 57.3 Å². The van der Waals surface area contributed by atoms with Crippen molar-refractivity contribution in [3.8, 4) is 0 Å². The van der Waals surface area contributed by atoms with Crippen LogP contribution in [0.3, 0.4) is 0 Å². The van der Waals surface area contributed by atoms with Crippen LogP contribution < -0.4 is 5.32 Å². The van der Waals surface area contributed by atoms with Crippen LogP contribution in [0.1, 0.15) is 45.2 Å². The number of halogens is 1. The number of carboxylic acid groups (broad SMARTS) is 1. The van der Waals surface area contributed by atoms with E-state index < -0.39 is 23.9 Å². The summed E-state index contributed by atoms with van der Waals surface area (Å²) >= 11 is 0. The Balaban J connectivity index is 2.32. The molecule has 1 saturated carbocycles. The molecule has 1 fully saturated rings. The number of carbonyl (C=O) groups is 1. The van der Waals surface area contributed by atoms with Crippen LogP contribution in [0.4, 0.5) is 15.0 Å². The molecule has 1 aromatic heterocycles. The van der Waals surface area contributed by atoms with Gasteiger partial charge in [-0.2, -0.15) is 5.10 Å². The monoisotopic (exact) mass is 285 g/mol. The number of nitrogens with zero attached hydrogens (tertiary/aromatic N) is 2. The van der Waals surface area contributed by atoms with Crippen LogP contribution >= 0.6 is 0 Å². The Bertz CT molecular complexity index is 499. The van der Waals surface area contributed by atoms with Crippen molar-refractivity contribution in [2.24, 2.45) is 0 Å². The van der Waals surface area contributed by atoms with Crippen molar-refractivity contribution in [2.75, 3.05) is 5.32 Å². The molecule has 112 valence electrons. The molecule has 0 saturated heterocycles. The van der Waals surface area contributed by atoms with Crippen molar-refractivity contribution in [3.63, 3.8) is 0 Å². The summed E-state index contributed by atoms with van der Waals surface area (Å²) in [5, 5.41) is 25.1. The second kappa shape index (κ2) is 5.05. The number of aromatic nitrogens is 2. The maximum absolute atomic E-state index is 13.4. The SMILES string of the molecule is CC(C)(C)n1nc([C@H]2C[C@@H](F)[C@@H](O)C2)cc1NC(=O)O. The highest BCUT2D eigenvalue weighted by molar-refractivity contribution is 5.81. The van der Waals surface area contributed by atoms with Gasteiger partial charge in [-0.25, -0.2) is 13.9 Å². The highest BCUT2D eigenvalue weighted by Crippen LogP contribution is 2.37. The number of rotatable bonds is 2. The van der Waals surface area contributed by atoms with Gasteiger partial charge in [-0.3, -0.25) is 5.32 Å². The minimum absolute atomic E-state index is 0.182. The quantitative estimate of drug-likeness (QED) is 0.778. The first-order chi connectivity index (χ1) is 9.18. The van der Waals surface area contributed by atoms with Crippen molar-refractivity contribution in [3.05, 3.63) is 11.8 Å². The molecule has 6 nitrogen and oxygen atoms in total. The van der Waals surface area contributed by atoms with Gasteiger partial charge in [0.2, 0.25) is 0 Å². The summed E-state index contributed by atoms with van der Waals surface area (Å²) in [4.78, 5) is 10.8. The molecule has 1 aliphatic rings. The van der Waals surface area contributed by atoms with Gasteiger partial charge in [0, 0.05) is 12.0 Å². The Kier molecular flexibility index (Phi) is 3.73. The van der Waals surface area contributed by atoms with Crippen LogP contribution in [0.5, 0.6) is 0 Å². The maximum Gasteiger partial charge on any atom is 0.410 e. The van der Waals surface area contributed by atoms with Crippen LogP contribution in [-0.2, 0) is 5.54 Å². The van der Waals surface area contributed by atoms with Gasteiger partial charge < -0.3 is 10.2 Å². The summed E-state index contributed by atoms with van der Waals surface area (Å²) in [5.74, 6) is 0.176. The smallest absolute Gasteiger partial charge is 0.410 e. The second-order valence-electron chi connectivity index (χ2n) is 6.22. The molecule has 1 amide bonds. The lowest BCUT2D eigenvalue weighted by molar-refractivity contribution is 0.103. The number of alkyl halides is 1. The Labute approximate surface area is 116 Å². The largest absolute Gasteiger partial charge is 0.465 e. The molecule has 0 spiro atoms. The fraction of sp³-hybridized carbons (Fsp3) is 0.692. The van der Waals surface area contributed by atoms with Crippen molar-refractivity contribution in [1.29, 1.82) is 0 Å². The van der Waals surface area contributed by atoms with Gasteiger partial charge in [0.15, 0.2) is 0 Å². The number of nitrogens with one attached hydrogen (secondary N) is 1. The third-order valence-electron chi connectivity index (χ3n) is 3.47. The average molecular weight is 285 g/mol. The van der Waals surface area contributed by atoms with E-state index in [0.29, 0.717) is 17.9 Å². The van der Waals surface area contributed by atoms with E-state index in [2.05, 4.69) is 10.4 Å². The third-order valence-corrected chi connectivity index (χ3v) is 3.47. The van der Waals surface area contributed by atoms with Gasteiger partial charge in [0.05, 0.1) is 17.3 Å². The first-order valence-corrected chi connectivity index (χ1v) is 6.61. The van der Waals surface area contributed by atoms with Gasteiger partial charge in [0.25, 0.3) is 0 Å². The molecule has 0 bridgehead atoms. The molecule has 0 radical (unpaired) electrons. The van der Waals surface area contributed by atoms with E-state index in [1.165, 1.54) is 0 Å². The van der Waals surface area contributed by atoms with E-state index in [1.807, 2.05) is 20.8 Å². The lowest BCUT2D eigenvalue weighted by Gasteiger charge is -2.22. The molecule has 0 aromatic carbocycles. The Morgan fingerprint density at radius 2 is 2.15 bits per heavy atom. The van der Waals surface area contributed by atoms with E-state index in [-0.39, 0.29) is 12.3 Å². The lowest BCUT2D eigenvalue weighted by Crippen LogP contribution is -2.26. The average Bonchev–Trinajstić information content (AvgIpc) is 2.82. The molecular weight excluding hydrogens is 265 g/mol. The van der Waals surface area contributed by atoms with E-state index in [4.69, 9.17) is 5.11 Å². The number of hydrogen-bond donors (Lipinski definition) is 3. The molecule has 20 heavy (non-hydrogen) atoms. The minimum atomic E-state index is -1.24. The van der Waals surface area contributed by atoms with Crippen LogP contribution in [0.15, 0.2) is 6.07 Å². The maximum atomic E-state index is 13.4. The molecule has 3 atom stereocenters. The van der Waals surface area contributed by atoms with Crippen LogP contribution in [0, 0.1) is 0 Å². The Morgan fingerprint density at radius 3 is 2.60 bits per heavy atom. The number of hydrogen-bond acceptors (Lipinski definition) is 3. The lowest BCUT2D eigenvalue weighted by atomic mass is 10.0. The molecule has 3 N–H and O–H groups in total. The van der Waals surface area contributed by atoms with Gasteiger partial charge in [0.1, 0.15) is 12.0 Å². The van der Waals surface area contributed by atoms with Crippen LogP contribution in [0.25, 0.3) is 0 Å². The third kappa shape index (κ3) is 2.92. The molecule has 1 heterocycles. The van der Waals surface area contributed by atoms with Gasteiger partial charge in [-0.1, -0.05) is 0 Å². The normalized spacial score (nSPS) is 26.8. The predicted molar refractivity (Wildman–Crippen MR) is 71.7 cm³/mol. The Hall–Kier alpha value is -1.63. The summed E-state index contributed by atoms with van der Waals surface area (Å²) in [6.45, 7) is 5.70. The molecular formula is C13H20FN3O3. The summed E-state index contributed by atoms with van der Waals surface area (Å²) in [5.41, 5.74) is 0.213. The summed E-state index contributed by atoms with van der Waals surface area (Å²) < 4.78 is 15.0. The van der Waals surface area contributed by atoms with E-state index in [0.717, 1.165) is 0 Å². The first-order valence-electron chi connectivity index (χ1n) is 6.61. The standard InChI is InChI=1S/C13H20FN3O3/c1-13(2,3)17-11(15-12(19)20)6-9(16-17)7-4-8(14)10(18)5-7/h6-8,10,15,18H,4-5H2,1-3H3,(H,19,20)/t7-,8+,10-/m0/s1. The first kappa shape index (κ1) is 14.8. The predicted octanol–water partition coefficient (Wildman–Crippen LogP) is 2.30. The van der Waals surface area contributed by atoms with Crippen LogP contribution in [-0.4, -0.2) is 38.4 Å². The van der Waals surface area contributed by atoms with Crippen LogP contribution in [0.2, 0.25) is 0 Å². The number of amides is 1. The van der Waals surface area contributed by atoms with E-state index >= 15 is 0 Å². The number of anilines is 1. The number of aliphatic hydroxyl groups excluding tert-OH is 1. The van der Waals surface area contributed by atoms with Gasteiger partial charge in [-0.15, -0.1) is 0 Å². The molecule has 0 aliphatic heterocycles. The topological polar surface area (TPSA) is 87.4 Å². The van der Waals surface area contributed by atoms with Crippen molar-refractivity contribution >= 4 is 11.9 Å². The Morgan fingerprint density at radius 1 is 1.50 bits per heavy atom. The summed E-state index contributed by atoms with van der Waals surface area (Å²) in [7, 11) is 0. The minimum Gasteiger partial charge on any atom is -0.465 e. The van der Waals surface area contributed by atoms with Gasteiger partial charge in [-0.05, 0) is 33.6 Å². The molecule has 1 aromatic rings. The van der Waals surface area contributed by atoms with Crippen molar-refractivity contribution in [1.82, 2.24) is 9.78 Å². The molecule has 2 rings (SSSR count). The highest BCUT2D eigenvalue weighted by Gasteiger charge is 2.36. The molecule has 7 heteroatoms. The van der Waals surface area contributed by atoms with Crippen molar-refractivity contribution < 1.29 is 19.4 Å². The fourth-order valence-electron chi connectivity index (χ4n) is 2.51. The highest BCUT2D eigenvalue weighted by atomic mass is 19.1. The summed E-state index contributed by atoms with van der Waals surface area (Å²) in [6, 6.07) is 1.62. The summed E-state index contributed by atoms with van der Waals surface area (Å²) in [6.07, 6.45) is -2.84. The zero-order valence-corrected chi connectivity index (χ0v) is 11.8. The van der Waals surface area contributed by atoms with E-state index in [1.54, 1.807) is 10.7 Å². The zero-order chi connectivity index (χ0) is 15.1. The van der Waals surface area contributed by atoms with Gasteiger partial charge >= 0.3 is 6.09 Å². The fourth-order valence-corrected chi connectivity index (χ4v) is 2.51. The van der Waals surface area contributed by atoms with E-state index in [9.17, 15) is 14.3 Å². The molecule has 0 unspecified atom stereocenters. The second-order valence-corrected chi connectivity index (χ2v) is 6.22. The number of aliphatic hydroxyl groups is 1.